The SMILES string of the molecule is C.NC(=O)c1nccc(Oc2ccc(Nc3nccc4ccn(CC5=CC=C(F)CC5)c(=O)c34)cc2F)c1Cl. The number of nitrogens with one attached hydrogen (secondary N) is 1. The molecule has 8 nitrogen and oxygen atoms in total. The van der Waals surface area contributed by atoms with Crippen molar-refractivity contribution in [1.82, 2.24) is 14.5 Å². The largest absolute Gasteiger partial charge is 0.453 e. The smallest absolute Gasteiger partial charge is 0.268 e. The lowest BCUT2D eigenvalue weighted by Gasteiger charge is -2.15. The second-order valence-electron chi connectivity index (χ2n) is 8.52. The van der Waals surface area contributed by atoms with Gasteiger partial charge in [0.15, 0.2) is 11.6 Å². The van der Waals surface area contributed by atoms with Gasteiger partial charge in [-0.2, -0.15) is 0 Å². The number of hydrogen-bond acceptors (Lipinski definition) is 6. The highest BCUT2D eigenvalue weighted by Crippen LogP contribution is 2.33. The molecule has 0 spiro atoms. The summed E-state index contributed by atoms with van der Waals surface area (Å²) in [5.74, 6) is -1.65. The van der Waals surface area contributed by atoms with Gasteiger partial charge in [0.2, 0.25) is 0 Å². The number of aromatic nitrogens is 3. The Morgan fingerprint density at radius 2 is 1.87 bits per heavy atom. The van der Waals surface area contributed by atoms with Crippen molar-refractivity contribution in [2.75, 3.05) is 5.32 Å². The van der Waals surface area contributed by atoms with Crippen LogP contribution in [0.3, 0.4) is 0 Å². The highest BCUT2D eigenvalue weighted by molar-refractivity contribution is 6.34. The first kappa shape index (κ1) is 27.5. The van der Waals surface area contributed by atoms with E-state index in [9.17, 15) is 18.4 Å². The predicted octanol–water partition coefficient (Wildman–Crippen LogP) is 6.43. The van der Waals surface area contributed by atoms with E-state index in [0.717, 1.165) is 5.57 Å². The minimum atomic E-state index is -0.844. The lowest BCUT2D eigenvalue weighted by atomic mass is 10.0. The highest BCUT2D eigenvalue weighted by Gasteiger charge is 2.17. The van der Waals surface area contributed by atoms with Crippen LogP contribution in [0.15, 0.2) is 83.3 Å². The fourth-order valence-electron chi connectivity index (χ4n) is 4.04. The standard InChI is InChI=1S/C27H20ClF2N5O3.CH4/c28-23-21(8-11-32-24(23)25(31)36)38-20-6-5-18(13-19(20)30)34-26-22-16(7-10-33-26)9-12-35(27(22)37)14-15-1-3-17(29)4-2-15;/h1,3,5-13H,2,4,14H2,(H2,31,36)(H,33,34);1H4. The number of benzene rings is 1. The Morgan fingerprint density at radius 1 is 1.08 bits per heavy atom. The third kappa shape index (κ3) is 5.80. The summed E-state index contributed by atoms with van der Waals surface area (Å²) >= 11 is 6.11. The number of primary amides is 1. The molecule has 3 N–H and O–H groups in total. The molecule has 4 aromatic rings. The molecular formula is C28H24ClF2N5O3. The number of allylic oxidation sites excluding steroid dienone is 4. The molecule has 39 heavy (non-hydrogen) atoms. The number of anilines is 2. The molecule has 0 saturated carbocycles. The van der Waals surface area contributed by atoms with E-state index in [1.165, 1.54) is 41.1 Å². The van der Waals surface area contributed by atoms with Crippen LogP contribution in [-0.4, -0.2) is 20.4 Å². The van der Waals surface area contributed by atoms with Crippen LogP contribution in [0, 0.1) is 5.82 Å². The van der Waals surface area contributed by atoms with Crippen LogP contribution in [0.4, 0.5) is 20.3 Å². The minimum Gasteiger partial charge on any atom is -0.453 e. The molecule has 0 atom stereocenters. The van der Waals surface area contributed by atoms with Gasteiger partial charge in [-0.05, 0) is 47.7 Å². The van der Waals surface area contributed by atoms with Gasteiger partial charge < -0.3 is 20.4 Å². The molecule has 3 aromatic heterocycles. The summed E-state index contributed by atoms with van der Waals surface area (Å²) < 4.78 is 35.3. The molecule has 200 valence electrons. The molecule has 5 rings (SSSR count). The Hall–Kier alpha value is -4.57. The van der Waals surface area contributed by atoms with E-state index in [1.807, 2.05) is 0 Å². The zero-order chi connectivity index (χ0) is 26.8. The molecule has 1 aliphatic carbocycles. The zero-order valence-corrected chi connectivity index (χ0v) is 20.5. The van der Waals surface area contributed by atoms with Gasteiger partial charge in [-0.1, -0.05) is 25.1 Å². The molecule has 1 aromatic carbocycles. The van der Waals surface area contributed by atoms with Gasteiger partial charge in [-0.3, -0.25) is 9.59 Å². The van der Waals surface area contributed by atoms with E-state index in [-0.39, 0.29) is 46.8 Å². The van der Waals surface area contributed by atoms with E-state index < -0.39 is 11.7 Å². The minimum absolute atomic E-state index is 0. The summed E-state index contributed by atoms with van der Waals surface area (Å²) in [5.41, 5.74) is 6.01. The van der Waals surface area contributed by atoms with Crippen molar-refractivity contribution in [3.63, 3.8) is 0 Å². The van der Waals surface area contributed by atoms with Gasteiger partial charge in [-0.25, -0.2) is 18.7 Å². The van der Waals surface area contributed by atoms with E-state index in [4.69, 9.17) is 22.1 Å². The number of ether oxygens (including phenoxy) is 1. The molecule has 0 fully saturated rings. The van der Waals surface area contributed by atoms with Gasteiger partial charge in [0.05, 0.1) is 5.39 Å². The monoisotopic (exact) mass is 551 g/mol. The summed E-state index contributed by atoms with van der Waals surface area (Å²) in [7, 11) is 0. The van der Waals surface area contributed by atoms with Gasteiger partial charge in [0.1, 0.15) is 28.1 Å². The van der Waals surface area contributed by atoms with Crippen LogP contribution < -0.4 is 21.3 Å². The lowest BCUT2D eigenvalue weighted by Crippen LogP contribution is -2.21. The fourth-order valence-corrected chi connectivity index (χ4v) is 4.28. The topological polar surface area (TPSA) is 112 Å². The fraction of sp³-hybridized carbons (Fsp3) is 0.143. The number of hydrogen-bond donors (Lipinski definition) is 2. The Bertz CT molecular complexity index is 1700. The van der Waals surface area contributed by atoms with Crippen molar-refractivity contribution in [3.05, 3.63) is 105 Å². The molecule has 0 bridgehead atoms. The number of rotatable bonds is 7. The van der Waals surface area contributed by atoms with Crippen LogP contribution in [-0.2, 0) is 6.54 Å². The Labute approximate surface area is 227 Å². The summed E-state index contributed by atoms with van der Waals surface area (Å²) in [6.07, 6.45) is 8.46. The average molecular weight is 552 g/mol. The van der Waals surface area contributed by atoms with Gasteiger partial charge in [0, 0.05) is 49.4 Å². The van der Waals surface area contributed by atoms with E-state index in [0.29, 0.717) is 35.8 Å². The number of amides is 1. The third-order valence-electron chi connectivity index (χ3n) is 5.95. The Morgan fingerprint density at radius 3 is 2.59 bits per heavy atom. The number of nitrogens with two attached hydrogens (primary N) is 1. The average Bonchev–Trinajstić information content (AvgIpc) is 2.89. The summed E-state index contributed by atoms with van der Waals surface area (Å²) in [5, 5.41) is 3.85. The normalized spacial score (nSPS) is 12.8. The van der Waals surface area contributed by atoms with Crippen molar-refractivity contribution in [2.24, 2.45) is 5.73 Å². The highest BCUT2D eigenvalue weighted by atomic mass is 35.5. The molecule has 0 unspecified atom stereocenters. The number of pyridine rings is 3. The van der Waals surface area contributed by atoms with Crippen LogP contribution >= 0.6 is 11.6 Å². The summed E-state index contributed by atoms with van der Waals surface area (Å²) in [6.45, 7) is 0.322. The summed E-state index contributed by atoms with van der Waals surface area (Å²) in [4.78, 5) is 32.9. The van der Waals surface area contributed by atoms with Crippen molar-refractivity contribution >= 4 is 39.8 Å². The van der Waals surface area contributed by atoms with Crippen LogP contribution in [0.2, 0.25) is 5.02 Å². The van der Waals surface area contributed by atoms with Crippen molar-refractivity contribution in [1.29, 1.82) is 0 Å². The van der Waals surface area contributed by atoms with E-state index in [2.05, 4.69) is 15.3 Å². The maximum Gasteiger partial charge on any atom is 0.268 e. The molecule has 0 saturated heterocycles. The van der Waals surface area contributed by atoms with E-state index in [1.54, 1.807) is 30.6 Å². The van der Waals surface area contributed by atoms with Crippen LogP contribution in [0.5, 0.6) is 11.5 Å². The molecule has 1 amide bonds. The van der Waals surface area contributed by atoms with Crippen molar-refractivity contribution in [2.45, 2.75) is 26.8 Å². The molecule has 3 heterocycles. The molecule has 11 heteroatoms. The maximum atomic E-state index is 14.9. The van der Waals surface area contributed by atoms with Crippen molar-refractivity contribution < 1.29 is 18.3 Å². The van der Waals surface area contributed by atoms with Gasteiger partial charge in [-0.15, -0.1) is 0 Å². The first-order chi connectivity index (χ1) is 18.3. The molecule has 1 aliphatic rings. The first-order valence-electron chi connectivity index (χ1n) is 11.5. The van der Waals surface area contributed by atoms with Gasteiger partial charge >= 0.3 is 0 Å². The third-order valence-corrected chi connectivity index (χ3v) is 6.32. The van der Waals surface area contributed by atoms with Crippen molar-refractivity contribution in [3.8, 4) is 11.5 Å². The molecule has 0 aliphatic heterocycles. The van der Waals surface area contributed by atoms with E-state index >= 15 is 0 Å². The summed E-state index contributed by atoms with van der Waals surface area (Å²) in [6, 6.07) is 8.96. The number of carbonyl (C=O) groups excluding carboxylic acids is 1. The van der Waals surface area contributed by atoms with Crippen LogP contribution in [0.25, 0.3) is 10.8 Å². The Balaban J connectivity index is 0.00000353. The second kappa shape index (κ2) is 11.4. The maximum absolute atomic E-state index is 14.9. The number of carbonyl (C=O) groups is 1. The van der Waals surface area contributed by atoms with Gasteiger partial charge in [0.25, 0.3) is 11.5 Å². The number of fused-ring (bicyclic) bond motifs is 1. The first-order valence-corrected chi connectivity index (χ1v) is 11.9. The zero-order valence-electron chi connectivity index (χ0n) is 19.7. The quantitative estimate of drug-likeness (QED) is 0.274. The lowest BCUT2D eigenvalue weighted by molar-refractivity contribution is 0.0995. The van der Waals surface area contributed by atoms with Crippen LogP contribution in [0.1, 0.15) is 30.8 Å². The molecule has 0 radical (unpaired) electrons. The number of halogens is 3. The Kier molecular flexibility index (Phi) is 8.06. The number of nitrogens with zero attached hydrogens (tertiary/aromatic N) is 3. The second-order valence-corrected chi connectivity index (χ2v) is 8.90. The predicted molar refractivity (Wildman–Crippen MR) is 147 cm³/mol. The molecular weight excluding hydrogens is 528 g/mol.